The Balaban J connectivity index is 2.37. The lowest BCUT2D eigenvalue weighted by Gasteiger charge is -2.29. The molecular formula is C15H22BrNO2. The van der Waals surface area contributed by atoms with Crippen LogP contribution in [0, 0.1) is 11.8 Å². The number of benzene rings is 1. The Hall–Kier alpha value is -0.740. The minimum Gasteiger partial charge on any atom is -0.486 e. The third kappa shape index (κ3) is 3.06. The summed E-state index contributed by atoms with van der Waals surface area (Å²) in [4.78, 5) is 0. The van der Waals surface area contributed by atoms with E-state index in [0.717, 1.165) is 16.0 Å². The average Bonchev–Trinajstić information content (AvgIpc) is 2.39. The lowest BCUT2D eigenvalue weighted by molar-refractivity contribution is 0.171. The van der Waals surface area contributed by atoms with Crippen LogP contribution in [-0.4, -0.2) is 20.3 Å². The average molecular weight is 328 g/mol. The van der Waals surface area contributed by atoms with E-state index < -0.39 is 0 Å². The zero-order valence-corrected chi connectivity index (χ0v) is 13.6. The third-order valence-electron chi connectivity index (χ3n) is 3.88. The van der Waals surface area contributed by atoms with Gasteiger partial charge in [0.05, 0.1) is 0 Å². The van der Waals surface area contributed by atoms with Crippen LogP contribution in [0.5, 0.6) is 11.5 Å². The van der Waals surface area contributed by atoms with Crippen molar-refractivity contribution in [2.24, 2.45) is 11.8 Å². The van der Waals surface area contributed by atoms with E-state index in [1.165, 1.54) is 5.56 Å². The molecule has 0 aromatic heterocycles. The predicted octanol–water partition coefficient (Wildman–Crippen LogP) is 3.77. The van der Waals surface area contributed by atoms with Gasteiger partial charge in [-0.15, -0.1) is 0 Å². The number of halogens is 1. The molecule has 0 saturated heterocycles. The van der Waals surface area contributed by atoms with Gasteiger partial charge in [-0.3, -0.25) is 0 Å². The summed E-state index contributed by atoms with van der Waals surface area (Å²) in [6.07, 6.45) is 0. The SMILES string of the molecule is CNC(c1cc2c(cc1Br)OCCO2)C(C)C(C)C. The van der Waals surface area contributed by atoms with E-state index in [1.54, 1.807) is 0 Å². The Morgan fingerprint density at radius 2 is 1.68 bits per heavy atom. The molecule has 1 heterocycles. The van der Waals surface area contributed by atoms with Crippen LogP contribution in [0.25, 0.3) is 0 Å². The highest BCUT2D eigenvalue weighted by atomic mass is 79.9. The first-order valence-electron chi connectivity index (χ1n) is 6.81. The summed E-state index contributed by atoms with van der Waals surface area (Å²) in [5.74, 6) is 2.82. The molecule has 4 heteroatoms. The number of hydrogen-bond acceptors (Lipinski definition) is 3. The van der Waals surface area contributed by atoms with Crippen molar-refractivity contribution in [3.05, 3.63) is 22.2 Å². The lowest BCUT2D eigenvalue weighted by atomic mass is 9.86. The molecule has 0 radical (unpaired) electrons. The molecule has 1 aliphatic rings. The summed E-state index contributed by atoms with van der Waals surface area (Å²) in [5.41, 5.74) is 1.23. The van der Waals surface area contributed by atoms with Gasteiger partial charge in [0, 0.05) is 10.5 Å². The van der Waals surface area contributed by atoms with Crippen molar-refractivity contribution in [3.63, 3.8) is 0 Å². The topological polar surface area (TPSA) is 30.5 Å². The van der Waals surface area contributed by atoms with Gasteiger partial charge in [-0.2, -0.15) is 0 Å². The van der Waals surface area contributed by atoms with Crippen molar-refractivity contribution in [2.45, 2.75) is 26.8 Å². The van der Waals surface area contributed by atoms with Crippen molar-refractivity contribution >= 4 is 15.9 Å². The summed E-state index contributed by atoms with van der Waals surface area (Å²) in [7, 11) is 2.01. The highest BCUT2D eigenvalue weighted by molar-refractivity contribution is 9.10. The standard InChI is InChI=1S/C15H22BrNO2/c1-9(2)10(3)15(17-4)11-7-13-14(8-12(11)16)19-6-5-18-13/h7-10,15,17H,5-6H2,1-4H3. The van der Waals surface area contributed by atoms with Gasteiger partial charge >= 0.3 is 0 Å². The molecule has 2 rings (SSSR count). The van der Waals surface area contributed by atoms with Crippen molar-refractivity contribution in [2.75, 3.05) is 20.3 Å². The van der Waals surface area contributed by atoms with E-state index in [9.17, 15) is 0 Å². The van der Waals surface area contributed by atoms with Crippen LogP contribution >= 0.6 is 15.9 Å². The maximum absolute atomic E-state index is 5.68. The molecule has 2 atom stereocenters. The van der Waals surface area contributed by atoms with E-state index in [-0.39, 0.29) is 0 Å². The Bertz CT molecular complexity index is 448. The second-order valence-corrected chi connectivity index (χ2v) is 6.24. The summed E-state index contributed by atoms with van der Waals surface area (Å²) in [6.45, 7) is 8.02. The molecule has 1 aliphatic heterocycles. The smallest absolute Gasteiger partial charge is 0.162 e. The van der Waals surface area contributed by atoms with Crippen LogP contribution in [0.3, 0.4) is 0 Å². The largest absolute Gasteiger partial charge is 0.486 e. The summed E-state index contributed by atoms with van der Waals surface area (Å²) in [5, 5.41) is 3.42. The Morgan fingerprint density at radius 1 is 1.11 bits per heavy atom. The minimum atomic E-state index is 0.296. The van der Waals surface area contributed by atoms with Gasteiger partial charge in [-0.25, -0.2) is 0 Å². The molecule has 2 unspecified atom stereocenters. The van der Waals surface area contributed by atoms with E-state index in [1.807, 2.05) is 13.1 Å². The van der Waals surface area contributed by atoms with E-state index >= 15 is 0 Å². The van der Waals surface area contributed by atoms with Gasteiger partial charge in [0.1, 0.15) is 13.2 Å². The first kappa shape index (κ1) is 14.7. The molecule has 1 aromatic rings. The van der Waals surface area contributed by atoms with Crippen molar-refractivity contribution in [3.8, 4) is 11.5 Å². The monoisotopic (exact) mass is 327 g/mol. The van der Waals surface area contributed by atoms with Gasteiger partial charge in [0.2, 0.25) is 0 Å². The number of ether oxygens (including phenoxy) is 2. The lowest BCUT2D eigenvalue weighted by Crippen LogP contribution is -2.27. The molecular weight excluding hydrogens is 306 g/mol. The zero-order chi connectivity index (χ0) is 14.0. The fraction of sp³-hybridized carbons (Fsp3) is 0.600. The number of nitrogens with one attached hydrogen (secondary N) is 1. The highest BCUT2D eigenvalue weighted by Crippen LogP contribution is 2.40. The second-order valence-electron chi connectivity index (χ2n) is 5.39. The fourth-order valence-corrected chi connectivity index (χ4v) is 2.97. The van der Waals surface area contributed by atoms with Crippen molar-refractivity contribution in [1.82, 2.24) is 5.32 Å². The highest BCUT2D eigenvalue weighted by Gasteiger charge is 2.25. The Labute approximate surface area is 123 Å². The van der Waals surface area contributed by atoms with Gasteiger partial charge in [0.15, 0.2) is 11.5 Å². The van der Waals surface area contributed by atoms with Crippen LogP contribution in [0.1, 0.15) is 32.4 Å². The first-order chi connectivity index (χ1) is 9.04. The quantitative estimate of drug-likeness (QED) is 0.913. The van der Waals surface area contributed by atoms with E-state index in [0.29, 0.717) is 31.1 Å². The van der Waals surface area contributed by atoms with Gasteiger partial charge < -0.3 is 14.8 Å². The summed E-state index contributed by atoms with van der Waals surface area (Å²) < 4.78 is 12.4. The third-order valence-corrected chi connectivity index (χ3v) is 4.57. The molecule has 1 aromatic carbocycles. The molecule has 0 spiro atoms. The molecule has 0 bridgehead atoms. The fourth-order valence-electron chi connectivity index (χ4n) is 2.40. The van der Waals surface area contributed by atoms with Crippen LogP contribution in [0.4, 0.5) is 0 Å². The second kappa shape index (κ2) is 6.14. The molecule has 0 saturated carbocycles. The molecule has 0 aliphatic carbocycles. The molecule has 1 N–H and O–H groups in total. The number of rotatable bonds is 4. The van der Waals surface area contributed by atoms with Crippen LogP contribution < -0.4 is 14.8 Å². The Morgan fingerprint density at radius 3 is 2.21 bits per heavy atom. The normalized spacial score (nSPS) is 17.4. The van der Waals surface area contributed by atoms with Crippen LogP contribution in [0.2, 0.25) is 0 Å². The summed E-state index contributed by atoms with van der Waals surface area (Å²) >= 11 is 3.66. The van der Waals surface area contributed by atoms with E-state index in [4.69, 9.17) is 9.47 Å². The van der Waals surface area contributed by atoms with Crippen molar-refractivity contribution in [1.29, 1.82) is 0 Å². The maximum Gasteiger partial charge on any atom is 0.162 e. The van der Waals surface area contributed by atoms with E-state index in [2.05, 4.69) is 48.1 Å². The van der Waals surface area contributed by atoms with Crippen molar-refractivity contribution < 1.29 is 9.47 Å². The molecule has 3 nitrogen and oxygen atoms in total. The Kier molecular flexibility index (Phi) is 4.74. The van der Waals surface area contributed by atoms with Crippen LogP contribution in [0.15, 0.2) is 16.6 Å². The molecule has 19 heavy (non-hydrogen) atoms. The van der Waals surface area contributed by atoms with Crippen LogP contribution in [-0.2, 0) is 0 Å². The minimum absolute atomic E-state index is 0.296. The maximum atomic E-state index is 5.68. The number of fused-ring (bicyclic) bond motifs is 1. The van der Waals surface area contributed by atoms with Gasteiger partial charge in [-0.1, -0.05) is 36.7 Å². The molecule has 0 amide bonds. The molecule has 0 fully saturated rings. The predicted molar refractivity (Wildman–Crippen MR) is 80.9 cm³/mol. The van der Waals surface area contributed by atoms with Gasteiger partial charge in [0.25, 0.3) is 0 Å². The van der Waals surface area contributed by atoms with Gasteiger partial charge in [-0.05, 0) is 36.6 Å². The number of hydrogen-bond donors (Lipinski definition) is 1. The molecule has 106 valence electrons. The zero-order valence-electron chi connectivity index (χ0n) is 12.0. The summed E-state index contributed by atoms with van der Waals surface area (Å²) in [6, 6.07) is 4.41. The first-order valence-corrected chi connectivity index (χ1v) is 7.60.